The van der Waals surface area contributed by atoms with Crippen LogP contribution in [0.15, 0.2) is 212 Å². The smallest absolute Gasteiger partial charge is 0.160 e. The van der Waals surface area contributed by atoms with E-state index in [-0.39, 0.29) is 0 Å². The van der Waals surface area contributed by atoms with E-state index in [0.29, 0.717) is 0 Å². The van der Waals surface area contributed by atoms with Crippen LogP contribution in [0.3, 0.4) is 0 Å². The minimum Gasteiger partial charge on any atom is -0.456 e. The van der Waals surface area contributed by atoms with Gasteiger partial charge in [-0.05, 0) is 51.6 Å². The molecule has 62 heavy (non-hydrogen) atoms. The largest absolute Gasteiger partial charge is 0.456 e. The van der Waals surface area contributed by atoms with Gasteiger partial charge in [0.15, 0.2) is 5.82 Å². The van der Waals surface area contributed by atoms with Gasteiger partial charge in [0.2, 0.25) is 0 Å². The Kier molecular flexibility index (Phi) is 7.49. The second kappa shape index (κ2) is 13.4. The first-order valence-corrected chi connectivity index (χ1v) is 21.1. The molecule has 13 rings (SSSR count). The zero-order valence-electron chi connectivity index (χ0n) is 33.5. The van der Waals surface area contributed by atoms with E-state index in [1.165, 1.54) is 22.3 Å². The van der Waals surface area contributed by atoms with Gasteiger partial charge in [0, 0.05) is 49.4 Å². The molecule has 0 atom stereocenters. The van der Waals surface area contributed by atoms with Crippen molar-refractivity contribution in [1.82, 2.24) is 15.0 Å². The van der Waals surface area contributed by atoms with Gasteiger partial charge in [0.25, 0.3) is 0 Å². The molecule has 0 unspecified atom stereocenters. The minimum atomic E-state index is -0.544. The highest BCUT2D eigenvalue weighted by molar-refractivity contribution is 6.15. The number of rotatable bonds is 4. The first-order chi connectivity index (χ1) is 30.7. The molecule has 0 fully saturated rings. The molecule has 3 heterocycles. The highest BCUT2D eigenvalue weighted by Crippen LogP contribution is 2.63. The number of benzene rings is 9. The van der Waals surface area contributed by atoms with E-state index in [9.17, 15) is 0 Å². The van der Waals surface area contributed by atoms with Crippen molar-refractivity contribution in [1.29, 1.82) is 0 Å². The van der Waals surface area contributed by atoms with Gasteiger partial charge in [-0.1, -0.05) is 194 Å². The maximum Gasteiger partial charge on any atom is 0.160 e. The Bertz CT molecular complexity index is 3550. The number of hydrogen-bond donors (Lipinski definition) is 0. The van der Waals surface area contributed by atoms with E-state index in [1.54, 1.807) is 0 Å². The minimum absolute atomic E-state index is 0.544. The number of aromatic nitrogens is 3. The fraction of sp³-hybridized carbons (Fsp3) is 0.0172. The van der Waals surface area contributed by atoms with Crippen LogP contribution in [0, 0.1) is 0 Å². The lowest BCUT2D eigenvalue weighted by molar-refractivity contribution is 0.442. The van der Waals surface area contributed by atoms with Crippen LogP contribution in [0.2, 0.25) is 0 Å². The van der Waals surface area contributed by atoms with E-state index >= 15 is 0 Å². The summed E-state index contributed by atoms with van der Waals surface area (Å²) >= 11 is 0. The normalized spacial score (nSPS) is 13.1. The van der Waals surface area contributed by atoms with Crippen molar-refractivity contribution in [2.45, 2.75) is 5.41 Å². The number of pyridine rings is 1. The summed E-state index contributed by atoms with van der Waals surface area (Å²) in [5.74, 6) is 2.48. The second-order valence-electron chi connectivity index (χ2n) is 16.2. The highest BCUT2D eigenvalue weighted by Gasteiger charge is 2.51. The summed E-state index contributed by atoms with van der Waals surface area (Å²) in [6, 6.07) is 75.3. The predicted molar refractivity (Wildman–Crippen MR) is 251 cm³/mol. The van der Waals surface area contributed by atoms with E-state index in [4.69, 9.17) is 19.7 Å². The van der Waals surface area contributed by atoms with Crippen LogP contribution in [0.5, 0.6) is 11.5 Å². The molecule has 0 saturated carbocycles. The van der Waals surface area contributed by atoms with Gasteiger partial charge >= 0.3 is 0 Å². The SMILES string of the molecule is c1ccc(-c2nc(-c3ccc(-c4ccc(-c5nc6ccccc6c6c7c(ccc56)C5(c6ccccc6O7)c6ccccc6-c6ccccc65)cc4)cc3)c3ccccc3n2)cc1. The van der Waals surface area contributed by atoms with Crippen LogP contribution < -0.4 is 4.74 Å². The summed E-state index contributed by atoms with van der Waals surface area (Å²) in [6.45, 7) is 0. The highest BCUT2D eigenvalue weighted by atomic mass is 16.5. The average Bonchev–Trinajstić information content (AvgIpc) is 3.64. The van der Waals surface area contributed by atoms with Crippen LogP contribution in [0.4, 0.5) is 0 Å². The molecule has 0 N–H and O–H groups in total. The molecule has 1 aliphatic heterocycles. The van der Waals surface area contributed by atoms with Crippen LogP contribution in [0.1, 0.15) is 22.3 Å². The van der Waals surface area contributed by atoms with Crippen molar-refractivity contribution in [2.24, 2.45) is 0 Å². The Hall–Kier alpha value is -8.21. The van der Waals surface area contributed by atoms with Crippen molar-refractivity contribution in [3.8, 4) is 67.7 Å². The van der Waals surface area contributed by atoms with E-state index in [2.05, 4.69) is 182 Å². The Morgan fingerprint density at radius 1 is 0.323 bits per heavy atom. The second-order valence-corrected chi connectivity index (χ2v) is 16.2. The molecule has 2 aliphatic rings. The molecule has 1 aliphatic carbocycles. The zero-order chi connectivity index (χ0) is 40.8. The Labute approximate surface area is 358 Å². The van der Waals surface area contributed by atoms with Crippen LogP contribution in [-0.2, 0) is 5.41 Å². The lowest BCUT2D eigenvalue weighted by Gasteiger charge is -2.40. The van der Waals surface area contributed by atoms with E-state index in [1.807, 2.05) is 30.3 Å². The third-order valence-corrected chi connectivity index (χ3v) is 13.0. The van der Waals surface area contributed by atoms with Crippen molar-refractivity contribution >= 4 is 32.6 Å². The molecule has 4 heteroatoms. The van der Waals surface area contributed by atoms with Crippen LogP contribution in [-0.4, -0.2) is 15.0 Å². The third kappa shape index (κ3) is 4.98. The van der Waals surface area contributed by atoms with Gasteiger partial charge in [-0.3, -0.25) is 0 Å². The maximum absolute atomic E-state index is 7.14. The van der Waals surface area contributed by atoms with Crippen molar-refractivity contribution in [3.63, 3.8) is 0 Å². The number of para-hydroxylation sites is 3. The standard InChI is InChI=1S/C58H35N3O/c1-2-14-40(15-3-1)57-60-51-24-12-7-19-44(51)54(61-57)38-30-26-36(27-31-38)37-28-32-39(33-29-37)55-45-34-35-49-56(53(45)43-18-6-11-23-50(43)59-55)62-52-25-13-10-22-48(52)58(49)46-20-8-4-16-41(46)42-17-5-9-21-47(42)58/h1-35H. The van der Waals surface area contributed by atoms with Gasteiger partial charge in [-0.25, -0.2) is 15.0 Å². The summed E-state index contributed by atoms with van der Waals surface area (Å²) in [6.07, 6.45) is 0. The average molecular weight is 790 g/mol. The summed E-state index contributed by atoms with van der Waals surface area (Å²) in [5.41, 5.74) is 15.9. The predicted octanol–water partition coefficient (Wildman–Crippen LogP) is 14.5. The molecule has 1 spiro atoms. The fourth-order valence-corrected chi connectivity index (χ4v) is 10.2. The molecule has 2 aromatic heterocycles. The van der Waals surface area contributed by atoms with Crippen molar-refractivity contribution in [2.75, 3.05) is 0 Å². The van der Waals surface area contributed by atoms with Gasteiger partial charge in [-0.15, -0.1) is 0 Å². The lowest BCUT2D eigenvalue weighted by atomic mass is 9.65. The van der Waals surface area contributed by atoms with E-state index in [0.717, 1.165) is 100 Å². The Morgan fingerprint density at radius 2 is 0.839 bits per heavy atom. The Morgan fingerprint density at radius 3 is 1.52 bits per heavy atom. The molecule has 0 bridgehead atoms. The monoisotopic (exact) mass is 789 g/mol. The van der Waals surface area contributed by atoms with Gasteiger partial charge < -0.3 is 4.74 Å². The number of hydrogen-bond acceptors (Lipinski definition) is 4. The summed E-state index contributed by atoms with van der Waals surface area (Å²) in [4.78, 5) is 15.4. The van der Waals surface area contributed by atoms with Crippen LogP contribution in [0.25, 0.3) is 88.7 Å². The molecule has 0 radical (unpaired) electrons. The van der Waals surface area contributed by atoms with Gasteiger partial charge in [-0.2, -0.15) is 0 Å². The van der Waals surface area contributed by atoms with Gasteiger partial charge in [0.1, 0.15) is 11.5 Å². The zero-order valence-corrected chi connectivity index (χ0v) is 33.5. The summed E-state index contributed by atoms with van der Waals surface area (Å²) in [5, 5.41) is 4.23. The topological polar surface area (TPSA) is 47.9 Å². The molecular formula is C58H35N3O. The van der Waals surface area contributed by atoms with Crippen molar-refractivity contribution < 1.29 is 4.74 Å². The Balaban J connectivity index is 0.937. The molecule has 0 saturated heterocycles. The quantitative estimate of drug-likeness (QED) is 0.167. The molecular weight excluding hydrogens is 755 g/mol. The fourth-order valence-electron chi connectivity index (χ4n) is 10.2. The number of fused-ring (bicyclic) bond motifs is 14. The van der Waals surface area contributed by atoms with Crippen molar-refractivity contribution in [3.05, 3.63) is 235 Å². The molecule has 9 aromatic carbocycles. The maximum atomic E-state index is 7.14. The molecule has 288 valence electrons. The van der Waals surface area contributed by atoms with Gasteiger partial charge in [0.05, 0.1) is 27.8 Å². The first kappa shape index (κ1) is 34.6. The lowest BCUT2D eigenvalue weighted by Crippen LogP contribution is -2.32. The molecule has 0 amide bonds. The van der Waals surface area contributed by atoms with E-state index < -0.39 is 5.41 Å². The third-order valence-electron chi connectivity index (χ3n) is 13.0. The summed E-state index contributed by atoms with van der Waals surface area (Å²) in [7, 11) is 0. The number of ether oxygens (including phenoxy) is 1. The van der Waals surface area contributed by atoms with Crippen LogP contribution >= 0.6 is 0 Å². The summed E-state index contributed by atoms with van der Waals surface area (Å²) < 4.78 is 7.14. The number of nitrogens with zero attached hydrogens (tertiary/aromatic N) is 3. The molecule has 4 nitrogen and oxygen atoms in total. The molecule has 11 aromatic rings. The first-order valence-electron chi connectivity index (χ1n) is 21.1.